The van der Waals surface area contributed by atoms with Gasteiger partial charge in [-0.2, -0.15) is 0 Å². The van der Waals surface area contributed by atoms with Crippen LogP contribution in [0.5, 0.6) is 0 Å². The van der Waals surface area contributed by atoms with E-state index in [2.05, 4.69) is 0 Å². The zero-order chi connectivity index (χ0) is 14.9. The molecular weight excluding hydrogens is 414 g/mol. The molecule has 2 aromatic rings. The largest absolute Gasteiger partial charge is 0.331 e. The summed E-state index contributed by atoms with van der Waals surface area (Å²) in [6.07, 6.45) is 1.56. The molecule has 0 saturated heterocycles. The van der Waals surface area contributed by atoms with E-state index in [1.54, 1.807) is 24.4 Å². The summed E-state index contributed by atoms with van der Waals surface area (Å²) in [6, 6.07) is 5.15. The molecule has 0 bridgehead atoms. The van der Waals surface area contributed by atoms with E-state index < -0.39 is 0 Å². The number of aryl methyl sites for hydroxylation is 1. The van der Waals surface area contributed by atoms with Gasteiger partial charge in [0, 0.05) is 12.7 Å². The summed E-state index contributed by atoms with van der Waals surface area (Å²) < 4.78 is 3.15. The van der Waals surface area contributed by atoms with E-state index in [1.807, 2.05) is 29.5 Å². The molecule has 4 nitrogen and oxygen atoms in total. The Balaban J connectivity index is 2.60. The molecule has 0 aliphatic heterocycles. The first-order valence-corrected chi connectivity index (χ1v) is 7.71. The quantitative estimate of drug-likeness (QED) is 0.711. The Morgan fingerprint density at radius 1 is 1.25 bits per heavy atom. The second-order valence-corrected chi connectivity index (χ2v) is 6.10. The van der Waals surface area contributed by atoms with Gasteiger partial charge >= 0.3 is 5.69 Å². The van der Waals surface area contributed by atoms with Crippen molar-refractivity contribution in [2.75, 3.05) is 0 Å². The first-order chi connectivity index (χ1) is 9.45. The predicted molar refractivity (Wildman–Crippen MR) is 88.9 cm³/mol. The van der Waals surface area contributed by atoms with Crippen LogP contribution in [0.3, 0.4) is 0 Å². The van der Waals surface area contributed by atoms with Crippen LogP contribution < -0.4 is 11.2 Å². The molecule has 106 valence electrons. The number of benzene rings is 1. The van der Waals surface area contributed by atoms with E-state index in [9.17, 15) is 9.59 Å². The van der Waals surface area contributed by atoms with Crippen LogP contribution in [0.1, 0.15) is 12.5 Å². The van der Waals surface area contributed by atoms with Crippen molar-refractivity contribution in [3.63, 3.8) is 0 Å². The summed E-state index contributed by atoms with van der Waals surface area (Å²) in [7, 11) is 0. The molecule has 7 heteroatoms. The monoisotopic (exact) mass is 424 g/mol. The smallest absolute Gasteiger partial charge is 0.300 e. The SMILES string of the molecule is CCn1cc(I)c(=O)n(Cc2cccc(Cl)c2Cl)c1=O. The molecule has 0 spiro atoms. The Bertz CT molecular complexity index is 768. The third-order valence-corrected chi connectivity index (χ3v) is 4.49. The van der Waals surface area contributed by atoms with Gasteiger partial charge < -0.3 is 0 Å². The first-order valence-electron chi connectivity index (χ1n) is 5.88. The highest BCUT2D eigenvalue weighted by Gasteiger charge is 2.12. The maximum atomic E-state index is 12.2. The molecule has 0 saturated carbocycles. The molecule has 0 unspecified atom stereocenters. The van der Waals surface area contributed by atoms with Gasteiger partial charge in [0.05, 0.1) is 20.2 Å². The Morgan fingerprint density at radius 2 is 1.95 bits per heavy atom. The number of hydrogen-bond donors (Lipinski definition) is 0. The predicted octanol–water partition coefficient (Wildman–Crippen LogP) is 2.99. The molecular formula is C13H11Cl2IN2O2. The molecule has 0 radical (unpaired) electrons. The average Bonchev–Trinajstić information content (AvgIpc) is 2.43. The molecule has 1 heterocycles. The number of nitrogens with zero attached hydrogens (tertiary/aromatic N) is 2. The van der Waals surface area contributed by atoms with E-state index in [4.69, 9.17) is 23.2 Å². The van der Waals surface area contributed by atoms with Gasteiger partial charge in [-0.25, -0.2) is 4.79 Å². The number of halogens is 3. The van der Waals surface area contributed by atoms with Gasteiger partial charge in [0.1, 0.15) is 0 Å². The number of hydrogen-bond acceptors (Lipinski definition) is 2. The van der Waals surface area contributed by atoms with Gasteiger partial charge in [-0.05, 0) is 41.1 Å². The molecule has 2 rings (SSSR count). The van der Waals surface area contributed by atoms with Crippen molar-refractivity contribution in [3.8, 4) is 0 Å². The van der Waals surface area contributed by atoms with E-state index in [0.29, 0.717) is 25.7 Å². The van der Waals surface area contributed by atoms with Crippen LogP contribution in [-0.4, -0.2) is 9.13 Å². The highest BCUT2D eigenvalue weighted by molar-refractivity contribution is 14.1. The van der Waals surface area contributed by atoms with Gasteiger partial charge in [-0.1, -0.05) is 35.3 Å². The van der Waals surface area contributed by atoms with Crippen molar-refractivity contribution in [2.45, 2.75) is 20.0 Å². The molecule has 0 atom stereocenters. The topological polar surface area (TPSA) is 44.0 Å². The summed E-state index contributed by atoms with van der Waals surface area (Å²) in [6.45, 7) is 2.45. The maximum absolute atomic E-state index is 12.2. The van der Waals surface area contributed by atoms with Crippen LogP contribution >= 0.6 is 45.8 Å². The van der Waals surface area contributed by atoms with Gasteiger partial charge in [-0.15, -0.1) is 0 Å². The molecule has 1 aromatic heterocycles. The second-order valence-electron chi connectivity index (χ2n) is 4.15. The van der Waals surface area contributed by atoms with Crippen LogP contribution in [-0.2, 0) is 13.1 Å². The van der Waals surface area contributed by atoms with Crippen molar-refractivity contribution in [3.05, 3.63) is 64.4 Å². The average molecular weight is 425 g/mol. The second kappa shape index (κ2) is 6.32. The van der Waals surface area contributed by atoms with Gasteiger partial charge in [0.15, 0.2) is 0 Å². The van der Waals surface area contributed by atoms with Crippen LogP contribution in [0.4, 0.5) is 0 Å². The third kappa shape index (κ3) is 2.94. The molecule has 0 amide bonds. The lowest BCUT2D eigenvalue weighted by Gasteiger charge is -2.11. The fourth-order valence-corrected chi connectivity index (χ4v) is 2.83. The standard InChI is InChI=1S/C13H11Cl2IN2O2/c1-2-17-7-10(16)12(19)18(13(17)20)6-8-4-3-5-9(14)11(8)15/h3-5,7H,2,6H2,1H3. The number of rotatable bonds is 3. The summed E-state index contributed by atoms with van der Waals surface area (Å²) in [5.41, 5.74) is -0.0340. The van der Waals surface area contributed by atoms with Gasteiger partial charge in [-0.3, -0.25) is 13.9 Å². The number of aromatic nitrogens is 2. The molecule has 0 fully saturated rings. The first kappa shape index (κ1) is 15.6. The lowest BCUT2D eigenvalue weighted by atomic mass is 10.2. The Hall–Kier alpha value is -0.790. The fourth-order valence-electron chi connectivity index (χ4n) is 1.83. The lowest BCUT2D eigenvalue weighted by molar-refractivity contribution is 0.595. The Morgan fingerprint density at radius 3 is 2.60 bits per heavy atom. The van der Waals surface area contributed by atoms with Crippen LogP contribution in [0.25, 0.3) is 0 Å². The highest BCUT2D eigenvalue weighted by atomic mass is 127. The van der Waals surface area contributed by atoms with Crippen molar-refractivity contribution in [2.24, 2.45) is 0 Å². The summed E-state index contributed by atoms with van der Waals surface area (Å²) in [4.78, 5) is 24.3. The van der Waals surface area contributed by atoms with Crippen molar-refractivity contribution < 1.29 is 0 Å². The maximum Gasteiger partial charge on any atom is 0.331 e. The summed E-state index contributed by atoms with van der Waals surface area (Å²) in [5.74, 6) is 0. The zero-order valence-corrected chi connectivity index (χ0v) is 14.2. The van der Waals surface area contributed by atoms with Gasteiger partial charge in [0.2, 0.25) is 0 Å². The fraction of sp³-hybridized carbons (Fsp3) is 0.231. The highest BCUT2D eigenvalue weighted by Crippen LogP contribution is 2.25. The normalized spacial score (nSPS) is 10.8. The minimum Gasteiger partial charge on any atom is -0.300 e. The molecule has 0 N–H and O–H groups in total. The van der Waals surface area contributed by atoms with E-state index in [-0.39, 0.29) is 17.8 Å². The van der Waals surface area contributed by atoms with Gasteiger partial charge in [0.25, 0.3) is 5.56 Å². The molecule has 1 aromatic carbocycles. The Kier molecular flexibility index (Phi) is 4.93. The van der Waals surface area contributed by atoms with Crippen LogP contribution in [0, 0.1) is 3.57 Å². The minimum absolute atomic E-state index is 0.105. The van der Waals surface area contributed by atoms with E-state index in [1.165, 1.54) is 9.13 Å². The van der Waals surface area contributed by atoms with Crippen molar-refractivity contribution >= 4 is 45.8 Å². The lowest BCUT2D eigenvalue weighted by Crippen LogP contribution is -2.41. The van der Waals surface area contributed by atoms with E-state index in [0.717, 1.165) is 0 Å². The van der Waals surface area contributed by atoms with Crippen LogP contribution in [0.15, 0.2) is 34.0 Å². The Labute approximate surface area is 139 Å². The van der Waals surface area contributed by atoms with E-state index >= 15 is 0 Å². The minimum atomic E-state index is -0.353. The zero-order valence-electron chi connectivity index (χ0n) is 10.6. The summed E-state index contributed by atoms with van der Waals surface area (Å²) >= 11 is 14.0. The van der Waals surface area contributed by atoms with Crippen molar-refractivity contribution in [1.82, 2.24) is 9.13 Å². The summed E-state index contributed by atoms with van der Waals surface area (Å²) in [5, 5.41) is 0.765. The van der Waals surface area contributed by atoms with Crippen LogP contribution in [0.2, 0.25) is 10.0 Å². The third-order valence-electron chi connectivity index (χ3n) is 2.90. The molecule has 0 aliphatic rings. The molecule has 20 heavy (non-hydrogen) atoms. The van der Waals surface area contributed by atoms with Crippen molar-refractivity contribution in [1.29, 1.82) is 0 Å². The molecule has 0 aliphatic carbocycles.